The molecule has 9 aromatic carbocycles. The Bertz CT molecular complexity index is 3830. The minimum absolute atomic E-state index is 0. The van der Waals surface area contributed by atoms with Gasteiger partial charge in [-0.15, -0.1) is 48.1 Å². The number of benzene rings is 9. The Balaban J connectivity index is 0.00000588. The molecule has 0 amide bonds. The summed E-state index contributed by atoms with van der Waals surface area (Å²) >= 11 is 0. The van der Waals surface area contributed by atoms with Crippen molar-refractivity contribution in [2.45, 2.75) is 52.4 Å². The van der Waals surface area contributed by atoms with Crippen LogP contribution in [0, 0.1) is 18.8 Å². The molecule has 0 saturated carbocycles. The molecule has 0 aliphatic carbocycles. The molecule has 1 aliphatic heterocycles. The molecule has 366 valence electrons. The van der Waals surface area contributed by atoms with Gasteiger partial charge in [-0.3, -0.25) is 0 Å². The van der Waals surface area contributed by atoms with E-state index in [9.17, 15) is 0 Å². The summed E-state index contributed by atoms with van der Waals surface area (Å²) in [5.74, 6) is 2.00. The third-order valence-electron chi connectivity index (χ3n) is 14.0. The molecule has 0 atom stereocenters. The fraction of sp³-hybridized carbons (Fsp3) is 0.118. The maximum atomic E-state index is 6.79. The van der Waals surface area contributed by atoms with E-state index in [0.29, 0.717) is 11.5 Å². The number of para-hydroxylation sites is 3. The molecular weight excluding hydrogens is 1080 g/mol. The van der Waals surface area contributed by atoms with E-state index in [1.165, 1.54) is 27.8 Å². The van der Waals surface area contributed by atoms with Crippen LogP contribution >= 0.6 is 0 Å². The van der Waals surface area contributed by atoms with Crippen LogP contribution in [0.1, 0.15) is 52.7 Å². The smallest absolute Gasteiger partial charge is 0.135 e. The fourth-order valence-electron chi connectivity index (χ4n) is 10.2. The van der Waals surface area contributed by atoms with Crippen LogP contribution < -0.4 is 14.5 Å². The van der Waals surface area contributed by atoms with Crippen LogP contribution in [-0.4, -0.2) is 9.55 Å². The molecular formula is C68H55N4OPt-3. The van der Waals surface area contributed by atoms with Crippen LogP contribution in [0.3, 0.4) is 0 Å². The summed E-state index contributed by atoms with van der Waals surface area (Å²) in [6.07, 6.45) is 1.91. The Morgan fingerprint density at radius 1 is 0.446 bits per heavy atom. The largest absolute Gasteiger partial charge is 0.509 e. The number of rotatable bonds is 9. The fourth-order valence-corrected chi connectivity index (χ4v) is 10.2. The first-order valence-corrected chi connectivity index (χ1v) is 25.1. The van der Waals surface area contributed by atoms with Crippen LogP contribution in [0.5, 0.6) is 11.5 Å². The second kappa shape index (κ2) is 19.5. The van der Waals surface area contributed by atoms with Gasteiger partial charge in [-0.05, 0) is 97.1 Å². The van der Waals surface area contributed by atoms with Crippen molar-refractivity contribution in [2.75, 3.05) is 9.80 Å². The van der Waals surface area contributed by atoms with Gasteiger partial charge in [0.15, 0.2) is 0 Å². The minimum Gasteiger partial charge on any atom is -0.509 e. The normalized spacial score (nSPS) is 12.5. The first kappa shape index (κ1) is 48.3. The Labute approximate surface area is 449 Å². The van der Waals surface area contributed by atoms with Crippen molar-refractivity contribution in [1.82, 2.24) is 9.55 Å². The standard InChI is InChI=1S/C68H55N4O.Pt/c1-67(2,3)52-36-37-69-65(42-52)72-61-35-32-49(46-20-10-7-11-21-46)41-60(61)59-34-33-56(44-64(59)72)73-55-27-18-26-54(43-55)70-45-71(63-31-17-16-30-62(63)70)66-57(48-24-14-9-15-25-48)28-19-29-58(66)51-38-50(47-22-12-8-13-23-47)39-53(40-51)68(4,5)6;/h7-42,45H,1-6H3;/q-3;. The van der Waals surface area contributed by atoms with Gasteiger partial charge >= 0.3 is 0 Å². The molecule has 0 fully saturated rings. The molecule has 11 aromatic rings. The molecule has 6 heteroatoms. The molecule has 3 heterocycles. The van der Waals surface area contributed by atoms with Gasteiger partial charge in [0.2, 0.25) is 0 Å². The second-order valence-corrected chi connectivity index (χ2v) is 21.0. The summed E-state index contributed by atoms with van der Waals surface area (Å²) in [5, 5.41) is 2.19. The van der Waals surface area contributed by atoms with Crippen molar-refractivity contribution in [1.29, 1.82) is 0 Å². The number of ether oxygens (including phenoxy) is 1. The molecule has 0 N–H and O–H groups in total. The van der Waals surface area contributed by atoms with E-state index in [1.54, 1.807) is 0 Å². The second-order valence-electron chi connectivity index (χ2n) is 21.0. The van der Waals surface area contributed by atoms with Crippen molar-refractivity contribution in [3.63, 3.8) is 0 Å². The van der Waals surface area contributed by atoms with Crippen LogP contribution in [0.25, 0.3) is 72.1 Å². The van der Waals surface area contributed by atoms with Gasteiger partial charge in [0.25, 0.3) is 0 Å². The van der Waals surface area contributed by atoms with Crippen LogP contribution in [0.2, 0.25) is 0 Å². The zero-order valence-electron chi connectivity index (χ0n) is 42.4. The molecule has 0 radical (unpaired) electrons. The minimum atomic E-state index is -0.0768. The average Bonchev–Trinajstić information content (AvgIpc) is 3.97. The Kier molecular flexibility index (Phi) is 12.7. The van der Waals surface area contributed by atoms with Crippen molar-refractivity contribution in [3.8, 4) is 61.8 Å². The van der Waals surface area contributed by atoms with Gasteiger partial charge in [0, 0.05) is 72.5 Å². The van der Waals surface area contributed by atoms with E-state index in [-0.39, 0.29) is 31.9 Å². The average molecular weight is 1140 g/mol. The summed E-state index contributed by atoms with van der Waals surface area (Å²) in [7, 11) is 0. The van der Waals surface area contributed by atoms with Gasteiger partial charge in [0.05, 0.1) is 0 Å². The van der Waals surface area contributed by atoms with Gasteiger partial charge in [-0.25, -0.2) is 4.98 Å². The maximum Gasteiger partial charge on any atom is 0.135 e. The summed E-state index contributed by atoms with van der Waals surface area (Å²) in [5.41, 5.74) is 17.6. The summed E-state index contributed by atoms with van der Waals surface area (Å²) in [6, 6.07) is 83.0. The van der Waals surface area contributed by atoms with Crippen molar-refractivity contribution in [3.05, 3.63) is 248 Å². The summed E-state index contributed by atoms with van der Waals surface area (Å²) in [4.78, 5) is 9.52. The van der Waals surface area contributed by atoms with Gasteiger partial charge in [0.1, 0.15) is 5.82 Å². The van der Waals surface area contributed by atoms with Gasteiger partial charge < -0.3 is 19.1 Å². The van der Waals surface area contributed by atoms with Crippen LogP contribution in [0.4, 0.5) is 22.7 Å². The quantitative estimate of drug-likeness (QED) is 0.135. The zero-order valence-corrected chi connectivity index (χ0v) is 44.6. The van der Waals surface area contributed by atoms with Crippen molar-refractivity contribution >= 4 is 44.6 Å². The van der Waals surface area contributed by atoms with Gasteiger partial charge in [-0.2, -0.15) is 12.1 Å². The Morgan fingerprint density at radius 2 is 1.04 bits per heavy atom. The molecule has 0 saturated heterocycles. The molecule has 0 bridgehead atoms. The predicted octanol–water partition coefficient (Wildman–Crippen LogP) is 18.2. The molecule has 12 rings (SSSR count). The van der Waals surface area contributed by atoms with E-state index in [0.717, 1.165) is 78.2 Å². The van der Waals surface area contributed by atoms with E-state index in [4.69, 9.17) is 9.72 Å². The molecule has 0 unspecified atom stereocenters. The summed E-state index contributed by atoms with van der Waals surface area (Å²) in [6.45, 7) is 15.8. The number of fused-ring (bicyclic) bond motifs is 4. The number of hydrogen-bond donors (Lipinski definition) is 0. The number of hydrogen-bond acceptors (Lipinski definition) is 4. The number of pyridine rings is 1. The summed E-state index contributed by atoms with van der Waals surface area (Å²) < 4.78 is 9.00. The third kappa shape index (κ3) is 9.11. The van der Waals surface area contributed by atoms with E-state index in [1.807, 2.05) is 24.4 Å². The van der Waals surface area contributed by atoms with Crippen LogP contribution in [0.15, 0.2) is 219 Å². The van der Waals surface area contributed by atoms with Crippen LogP contribution in [-0.2, 0) is 31.9 Å². The Hall–Kier alpha value is -7.98. The third-order valence-corrected chi connectivity index (χ3v) is 14.0. The number of anilines is 4. The van der Waals surface area contributed by atoms with E-state index < -0.39 is 0 Å². The van der Waals surface area contributed by atoms with Gasteiger partial charge in [-0.1, -0.05) is 193 Å². The molecule has 0 spiro atoms. The SMILES string of the molecule is CC(C)(C)c1cc(-c2ccccc2)cc(-c2cccc(-c3ccccc3)c2N2[CH-]N(c3[c-]c(Oc4[c-]c5c(cc4)c4cc(-c6ccccc6)ccc4n5-c4cc(C(C)(C)C)ccn4)ccc3)c3ccccc32)c1.[Pt]. The first-order valence-electron chi connectivity index (χ1n) is 25.1. The monoisotopic (exact) mass is 1140 g/mol. The molecule has 5 nitrogen and oxygen atoms in total. The first-order chi connectivity index (χ1) is 35.4. The van der Waals surface area contributed by atoms with Crippen molar-refractivity contribution < 1.29 is 25.8 Å². The number of nitrogens with zero attached hydrogens (tertiary/aromatic N) is 4. The molecule has 74 heavy (non-hydrogen) atoms. The molecule has 1 aliphatic rings. The zero-order chi connectivity index (χ0) is 49.8. The van der Waals surface area contributed by atoms with Crippen molar-refractivity contribution in [2.24, 2.45) is 0 Å². The predicted molar refractivity (Wildman–Crippen MR) is 303 cm³/mol. The number of aromatic nitrogens is 2. The maximum absolute atomic E-state index is 6.79. The molecule has 2 aromatic heterocycles. The van der Waals surface area contributed by atoms with E-state index in [2.05, 4.69) is 269 Å². The topological polar surface area (TPSA) is 33.5 Å². The Morgan fingerprint density at radius 3 is 1.73 bits per heavy atom. The van der Waals surface area contributed by atoms with E-state index >= 15 is 0 Å².